The summed E-state index contributed by atoms with van der Waals surface area (Å²) in [5, 5.41) is 22.0. The van der Waals surface area contributed by atoms with Gasteiger partial charge in [-0.1, -0.05) is 72.3 Å². The van der Waals surface area contributed by atoms with Crippen LogP contribution >= 0.6 is 11.6 Å². The highest BCUT2D eigenvalue weighted by atomic mass is 35.5. The van der Waals surface area contributed by atoms with E-state index in [2.05, 4.69) is 29.3 Å². The lowest BCUT2D eigenvalue weighted by atomic mass is 9.90. The van der Waals surface area contributed by atoms with Crippen LogP contribution in [0.15, 0.2) is 79.0 Å². The number of hydrogen-bond donors (Lipinski definition) is 2. The van der Waals surface area contributed by atoms with Crippen LogP contribution in [0.5, 0.6) is 0 Å². The molecule has 0 saturated carbocycles. The smallest absolute Gasteiger partial charge is 0.0843 e. The Hall–Kier alpha value is -2.85. The topological polar surface area (TPSA) is 43.7 Å². The average molecular weight is 460 g/mol. The second kappa shape index (κ2) is 9.96. The van der Waals surface area contributed by atoms with Gasteiger partial charge in [-0.25, -0.2) is 0 Å². The molecule has 0 spiro atoms. The Labute approximate surface area is 201 Å². The number of rotatable bonds is 7. The van der Waals surface area contributed by atoms with E-state index in [0.717, 1.165) is 45.1 Å². The number of anilines is 1. The standard InChI is InChI=1S/C29H30ClNO2/c1-29(2,33)26-11-4-3-8-22(26)13-15-28(32)24-9-5-7-21(19-24)16-18-31-17-6-10-23-12-14-25(30)20-27(23)31/h3-12,14,16,18-20,28,32-33H,13,15,17H2,1-2H3/b18-16+. The number of benzene rings is 3. The molecule has 1 aliphatic rings. The first kappa shape index (κ1) is 23.3. The quantitative estimate of drug-likeness (QED) is 0.411. The SMILES string of the molecule is CC(C)(O)c1ccccc1CCC(O)c1cccc(/C=C/N2CC=Cc3ccc(Cl)cc32)c1. The molecule has 1 heterocycles. The number of hydrogen-bond acceptors (Lipinski definition) is 3. The van der Waals surface area contributed by atoms with Gasteiger partial charge in [-0.3, -0.25) is 0 Å². The van der Waals surface area contributed by atoms with E-state index < -0.39 is 11.7 Å². The zero-order valence-corrected chi connectivity index (χ0v) is 19.8. The van der Waals surface area contributed by atoms with Gasteiger partial charge in [0.15, 0.2) is 0 Å². The van der Waals surface area contributed by atoms with Crippen molar-refractivity contribution in [2.45, 2.75) is 38.4 Å². The fraction of sp³-hybridized carbons (Fsp3) is 0.241. The minimum atomic E-state index is -0.904. The Morgan fingerprint density at radius 2 is 1.88 bits per heavy atom. The maximum atomic E-state index is 10.9. The van der Waals surface area contributed by atoms with E-state index in [1.54, 1.807) is 13.8 Å². The van der Waals surface area contributed by atoms with E-state index in [0.29, 0.717) is 12.8 Å². The first-order chi connectivity index (χ1) is 15.8. The number of aryl methyl sites for hydroxylation is 1. The van der Waals surface area contributed by atoms with Crippen LogP contribution in [-0.2, 0) is 12.0 Å². The third kappa shape index (κ3) is 5.75. The molecule has 3 nitrogen and oxygen atoms in total. The van der Waals surface area contributed by atoms with E-state index in [9.17, 15) is 10.2 Å². The summed E-state index contributed by atoms with van der Waals surface area (Å²) < 4.78 is 0. The third-order valence-electron chi connectivity index (χ3n) is 6.01. The van der Waals surface area contributed by atoms with E-state index in [-0.39, 0.29) is 0 Å². The zero-order chi connectivity index (χ0) is 23.4. The van der Waals surface area contributed by atoms with Crippen LogP contribution in [0.4, 0.5) is 5.69 Å². The van der Waals surface area contributed by atoms with Gasteiger partial charge < -0.3 is 15.1 Å². The van der Waals surface area contributed by atoms with Gasteiger partial charge in [-0.05, 0) is 78.8 Å². The molecule has 0 aromatic heterocycles. The van der Waals surface area contributed by atoms with Gasteiger partial charge in [-0.15, -0.1) is 0 Å². The van der Waals surface area contributed by atoms with Gasteiger partial charge in [-0.2, -0.15) is 0 Å². The minimum absolute atomic E-state index is 0.578. The zero-order valence-electron chi connectivity index (χ0n) is 19.1. The van der Waals surface area contributed by atoms with Crippen LogP contribution < -0.4 is 4.90 Å². The van der Waals surface area contributed by atoms with Gasteiger partial charge in [0.05, 0.1) is 11.7 Å². The fourth-order valence-corrected chi connectivity index (χ4v) is 4.45. The van der Waals surface area contributed by atoms with E-state index in [1.165, 1.54) is 0 Å². The summed E-state index contributed by atoms with van der Waals surface area (Å²) in [6.07, 6.45) is 9.07. The van der Waals surface area contributed by atoms with Gasteiger partial charge in [0.1, 0.15) is 0 Å². The van der Waals surface area contributed by atoms with E-state index in [4.69, 9.17) is 11.6 Å². The second-order valence-corrected chi connectivity index (χ2v) is 9.45. The Bertz CT molecular complexity index is 1180. The number of aliphatic hydroxyl groups is 2. The van der Waals surface area contributed by atoms with Crippen LogP contribution in [0.1, 0.15) is 54.2 Å². The highest BCUT2D eigenvalue weighted by Crippen LogP contribution is 2.30. The Kier molecular flexibility index (Phi) is 7.04. The molecule has 2 N–H and O–H groups in total. The molecule has 3 aromatic carbocycles. The normalized spacial score (nSPS) is 14.5. The molecule has 170 valence electrons. The van der Waals surface area contributed by atoms with Crippen molar-refractivity contribution in [1.29, 1.82) is 0 Å². The van der Waals surface area contributed by atoms with Crippen molar-refractivity contribution in [3.8, 4) is 0 Å². The number of fused-ring (bicyclic) bond motifs is 1. The maximum Gasteiger partial charge on any atom is 0.0843 e. The minimum Gasteiger partial charge on any atom is -0.388 e. The van der Waals surface area contributed by atoms with Gasteiger partial charge in [0.2, 0.25) is 0 Å². The molecule has 4 heteroatoms. The molecule has 1 atom stereocenters. The predicted molar refractivity (Wildman–Crippen MR) is 138 cm³/mol. The summed E-state index contributed by atoms with van der Waals surface area (Å²) in [5.74, 6) is 0. The highest BCUT2D eigenvalue weighted by molar-refractivity contribution is 6.31. The summed E-state index contributed by atoms with van der Waals surface area (Å²) in [4.78, 5) is 2.16. The molecule has 0 saturated heterocycles. The summed E-state index contributed by atoms with van der Waals surface area (Å²) in [5.41, 5.74) is 5.22. The third-order valence-corrected chi connectivity index (χ3v) is 6.24. The summed E-state index contributed by atoms with van der Waals surface area (Å²) >= 11 is 6.21. The van der Waals surface area contributed by atoms with E-state index in [1.807, 2.05) is 66.7 Å². The molecule has 1 aliphatic heterocycles. The lowest BCUT2D eigenvalue weighted by Gasteiger charge is -2.24. The summed E-state index contributed by atoms with van der Waals surface area (Å²) in [6, 6.07) is 21.8. The number of nitrogens with zero attached hydrogens (tertiary/aromatic N) is 1. The van der Waals surface area contributed by atoms with E-state index >= 15 is 0 Å². The molecule has 1 unspecified atom stereocenters. The Balaban J connectivity index is 1.46. The largest absolute Gasteiger partial charge is 0.388 e. The molecule has 0 aliphatic carbocycles. The molecule has 33 heavy (non-hydrogen) atoms. The molecule has 0 amide bonds. The highest BCUT2D eigenvalue weighted by Gasteiger charge is 2.20. The molecule has 3 aromatic rings. The lowest BCUT2D eigenvalue weighted by Crippen LogP contribution is -2.19. The molecular formula is C29H30ClNO2. The van der Waals surface area contributed by atoms with Gasteiger partial charge >= 0.3 is 0 Å². The Morgan fingerprint density at radius 3 is 2.70 bits per heavy atom. The van der Waals surface area contributed by atoms with Crippen LogP contribution in [0, 0.1) is 0 Å². The van der Waals surface area contributed by atoms with Crippen LogP contribution in [0.25, 0.3) is 12.2 Å². The van der Waals surface area contributed by atoms with Crippen molar-refractivity contribution < 1.29 is 10.2 Å². The number of aliphatic hydroxyl groups excluding tert-OH is 1. The maximum absolute atomic E-state index is 10.9. The van der Waals surface area contributed by atoms with Crippen molar-refractivity contribution >= 4 is 29.4 Å². The first-order valence-corrected chi connectivity index (χ1v) is 11.7. The monoisotopic (exact) mass is 459 g/mol. The van der Waals surface area contributed by atoms with Crippen molar-refractivity contribution in [1.82, 2.24) is 0 Å². The predicted octanol–water partition coefficient (Wildman–Crippen LogP) is 6.74. The second-order valence-electron chi connectivity index (χ2n) is 9.01. The van der Waals surface area contributed by atoms with Crippen LogP contribution in [-0.4, -0.2) is 16.8 Å². The van der Waals surface area contributed by atoms with Crippen LogP contribution in [0.2, 0.25) is 5.02 Å². The van der Waals surface area contributed by atoms with Crippen LogP contribution in [0.3, 0.4) is 0 Å². The molecule has 0 radical (unpaired) electrons. The molecular weight excluding hydrogens is 430 g/mol. The molecule has 0 fully saturated rings. The average Bonchev–Trinajstić information content (AvgIpc) is 2.81. The van der Waals surface area contributed by atoms with Crippen molar-refractivity contribution in [3.05, 3.63) is 112 Å². The first-order valence-electron chi connectivity index (χ1n) is 11.3. The van der Waals surface area contributed by atoms with Crippen molar-refractivity contribution in [3.63, 3.8) is 0 Å². The summed E-state index contributed by atoms with van der Waals surface area (Å²) in [6.45, 7) is 4.37. The van der Waals surface area contributed by atoms with Gasteiger partial charge in [0, 0.05) is 23.5 Å². The molecule has 0 bridgehead atoms. The lowest BCUT2D eigenvalue weighted by molar-refractivity contribution is 0.0772. The molecule has 4 rings (SSSR count). The Morgan fingerprint density at radius 1 is 1.06 bits per heavy atom. The van der Waals surface area contributed by atoms with Crippen molar-refractivity contribution in [2.24, 2.45) is 0 Å². The number of halogens is 1. The summed E-state index contributed by atoms with van der Waals surface area (Å²) in [7, 11) is 0. The fourth-order valence-electron chi connectivity index (χ4n) is 4.28. The van der Waals surface area contributed by atoms with Gasteiger partial charge in [0.25, 0.3) is 0 Å². The van der Waals surface area contributed by atoms with Crippen molar-refractivity contribution in [2.75, 3.05) is 11.4 Å².